The van der Waals surface area contributed by atoms with Crippen LogP contribution in [-0.4, -0.2) is 30.6 Å². The second kappa shape index (κ2) is 8.55. The fourth-order valence-electron chi connectivity index (χ4n) is 2.42. The molecule has 2 aromatic rings. The number of carbonyl (C=O) groups excluding carboxylic acids is 1. The van der Waals surface area contributed by atoms with Gasteiger partial charge in [0, 0.05) is 25.0 Å². The Kier molecular flexibility index (Phi) is 6.44. The molecule has 0 radical (unpaired) electrons. The van der Waals surface area contributed by atoms with Gasteiger partial charge in [-0.25, -0.2) is 4.98 Å². The number of ether oxygens (including phenoxy) is 1. The van der Waals surface area contributed by atoms with Gasteiger partial charge in [0.1, 0.15) is 5.56 Å². The Morgan fingerprint density at radius 2 is 2.00 bits per heavy atom. The third-order valence-corrected chi connectivity index (χ3v) is 3.91. The molecule has 0 aliphatic heterocycles. The van der Waals surface area contributed by atoms with E-state index in [4.69, 9.17) is 16.3 Å². The van der Waals surface area contributed by atoms with Gasteiger partial charge in [0.2, 0.25) is 5.88 Å². The zero-order chi connectivity index (χ0) is 17.5. The van der Waals surface area contributed by atoms with Gasteiger partial charge in [-0.3, -0.25) is 4.79 Å². The minimum atomic E-state index is -0.279. The number of nitrogens with one attached hydrogen (secondary N) is 1. The summed E-state index contributed by atoms with van der Waals surface area (Å²) >= 11 is 6.36. The van der Waals surface area contributed by atoms with Crippen molar-refractivity contribution in [3.8, 4) is 5.88 Å². The smallest absolute Gasteiger partial charge is 0.261 e. The summed E-state index contributed by atoms with van der Waals surface area (Å²) < 4.78 is 5.39. The van der Waals surface area contributed by atoms with Crippen LogP contribution < -0.4 is 15.0 Å². The second-order valence-corrected chi connectivity index (χ2v) is 5.49. The minimum absolute atomic E-state index is 0.279. The lowest BCUT2D eigenvalue weighted by Crippen LogP contribution is -2.22. The summed E-state index contributed by atoms with van der Waals surface area (Å²) in [5.41, 5.74) is 1.98. The summed E-state index contributed by atoms with van der Waals surface area (Å²) in [5.74, 6) is 0.0431. The predicted molar refractivity (Wildman–Crippen MR) is 98.4 cm³/mol. The number of rotatable bonds is 7. The van der Waals surface area contributed by atoms with Crippen LogP contribution in [0.4, 0.5) is 11.4 Å². The van der Waals surface area contributed by atoms with Gasteiger partial charge in [0.05, 0.1) is 17.3 Å². The number of pyridine rings is 1. The number of anilines is 2. The number of hydrogen-bond acceptors (Lipinski definition) is 4. The number of halogens is 1. The maximum Gasteiger partial charge on any atom is 0.261 e. The number of carbonyl (C=O) groups is 1. The molecule has 5 nitrogen and oxygen atoms in total. The Bertz CT molecular complexity index is 702. The van der Waals surface area contributed by atoms with Gasteiger partial charge < -0.3 is 15.0 Å². The lowest BCUT2D eigenvalue weighted by Gasteiger charge is -2.22. The van der Waals surface area contributed by atoms with Crippen molar-refractivity contribution < 1.29 is 9.53 Å². The number of hydrogen-bond donors (Lipinski definition) is 1. The number of amides is 1. The molecule has 0 saturated carbocycles. The SMILES string of the molecule is CCOc1ncccc1C(=O)Nc1ccc(N(CC)CC)c(Cl)c1. The highest BCUT2D eigenvalue weighted by molar-refractivity contribution is 6.33. The van der Waals surface area contributed by atoms with Gasteiger partial charge in [0.25, 0.3) is 5.91 Å². The molecule has 6 heteroatoms. The standard InChI is InChI=1S/C18H22ClN3O2/c1-4-22(5-2)16-10-9-13(12-15(16)19)21-17(23)14-8-7-11-20-18(14)24-6-3/h7-12H,4-6H2,1-3H3,(H,21,23). The average molecular weight is 348 g/mol. The van der Waals surface area contributed by atoms with E-state index in [1.807, 2.05) is 19.1 Å². The van der Waals surface area contributed by atoms with Crippen LogP contribution in [0.15, 0.2) is 36.5 Å². The Hall–Kier alpha value is -2.27. The van der Waals surface area contributed by atoms with E-state index in [0.29, 0.717) is 28.8 Å². The molecule has 1 aromatic carbocycles. The van der Waals surface area contributed by atoms with Crippen LogP contribution in [0, 0.1) is 0 Å². The van der Waals surface area contributed by atoms with Gasteiger partial charge >= 0.3 is 0 Å². The largest absolute Gasteiger partial charge is 0.477 e. The van der Waals surface area contributed by atoms with Crippen LogP contribution in [0.3, 0.4) is 0 Å². The van der Waals surface area contributed by atoms with Gasteiger partial charge in [-0.05, 0) is 51.1 Å². The summed E-state index contributed by atoms with van der Waals surface area (Å²) in [7, 11) is 0. The Morgan fingerprint density at radius 1 is 1.25 bits per heavy atom. The van der Waals surface area contributed by atoms with Gasteiger partial charge in [-0.1, -0.05) is 11.6 Å². The van der Waals surface area contributed by atoms with Crippen LogP contribution in [0.1, 0.15) is 31.1 Å². The fraction of sp³-hybridized carbons (Fsp3) is 0.333. The van der Waals surface area contributed by atoms with Crippen LogP contribution in [-0.2, 0) is 0 Å². The van der Waals surface area contributed by atoms with Gasteiger partial charge in [-0.15, -0.1) is 0 Å². The van der Waals surface area contributed by atoms with Crippen LogP contribution in [0.2, 0.25) is 5.02 Å². The molecule has 1 amide bonds. The van der Waals surface area contributed by atoms with Crippen molar-refractivity contribution in [3.05, 3.63) is 47.1 Å². The number of aromatic nitrogens is 1. The lowest BCUT2D eigenvalue weighted by molar-refractivity contribution is 0.102. The highest BCUT2D eigenvalue weighted by Crippen LogP contribution is 2.29. The van der Waals surface area contributed by atoms with E-state index in [1.165, 1.54) is 0 Å². The van der Waals surface area contributed by atoms with Gasteiger partial charge in [0.15, 0.2) is 0 Å². The van der Waals surface area contributed by atoms with Crippen molar-refractivity contribution in [3.63, 3.8) is 0 Å². The summed E-state index contributed by atoms with van der Waals surface area (Å²) in [5, 5.41) is 3.44. The third-order valence-electron chi connectivity index (χ3n) is 3.61. The molecule has 0 aliphatic carbocycles. The molecule has 128 valence electrons. The number of benzene rings is 1. The van der Waals surface area contributed by atoms with Crippen molar-refractivity contribution in [2.75, 3.05) is 29.9 Å². The molecule has 0 spiro atoms. The van der Waals surface area contributed by atoms with Crippen LogP contribution >= 0.6 is 11.6 Å². The first-order chi connectivity index (χ1) is 11.6. The van der Waals surface area contributed by atoms with E-state index in [2.05, 4.69) is 29.0 Å². The van der Waals surface area contributed by atoms with E-state index in [0.717, 1.165) is 18.8 Å². The Labute approximate surface area is 147 Å². The first kappa shape index (κ1) is 18.1. The molecule has 1 heterocycles. The van der Waals surface area contributed by atoms with Crippen molar-refractivity contribution in [1.82, 2.24) is 4.98 Å². The molecule has 1 N–H and O–H groups in total. The molecule has 0 saturated heterocycles. The quantitative estimate of drug-likeness (QED) is 0.814. The second-order valence-electron chi connectivity index (χ2n) is 5.08. The lowest BCUT2D eigenvalue weighted by atomic mass is 10.2. The summed E-state index contributed by atoms with van der Waals surface area (Å²) in [6.45, 7) is 8.19. The number of nitrogens with zero attached hydrogens (tertiary/aromatic N) is 2. The van der Waals surface area contributed by atoms with E-state index in [-0.39, 0.29) is 5.91 Å². The maximum atomic E-state index is 12.5. The summed E-state index contributed by atoms with van der Waals surface area (Å²) in [6.07, 6.45) is 1.59. The monoisotopic (exact) mass is 347 g/mol. The molecule has 0 bridgehead atoms. The molecule has 0 atom stereocenters. The molecule has 1 aromatic heterocycles. The normalized spacial score (nSPS) is 10.3. The molecule has 24 heavy (non-hydrogen) atoms. The third kappa shape index (κ3) is 4.17. The van der Waals surface area contributed by atoms with Crippen molar-refractivity contribution in [1.29, 1.82) is 0 Å². The predicted octanol–water partition coefficient (Wildman–Crippen LogP) is 4.23. The zero-order valence-corrected chi connectivity index (χ0v) is 14.9. The fourth-order valence-corrected chi connectivity index (χ4v) is 2.72. The molecular formula is C18H22ClN3O2. The molecular weight excluding hydrogens is 326 g/mol. The van der Waals surface area contributed by atoms with Crippen molar-refractivity contribution in [2.45, 2.75) is 20.8 Å². The average Bonchev–Trinajstić information content (AvgIpc) is 2.58. The van der Waals surface area contributed by atoms with Crippen LogP contribution in [0.5, 0.6) is 5.88 Å². The van der Waals surface area contributed by atoms with E-state index < -0.39 is 0 Å². The minimum Gasteiger partial charge on any atom is -0.477 e. The molecule has 0 unspecified atom stereocenters. The topological polar surface area (TPSA) is 54.5 Å². The highest BCUT2D eigenvalue weighted by atomic mass is 35.5. The van der Waals surface area contributed by atoms with E-state index in [9.17, 15) is 4.79 Å². The van der Waals surface area contributed by atoms with Crippen molar-refractivity contribution >= 4 is 28.9 Å². The van der Waals surface area contributed by atoms with E-state index >= 15 is 0 Å². The Morgan fingerprint density at radius 3 is 2.62 bits per heavy atom. The van der Waals surface area contributed by atoms with Crippen LogP contribution in [0.25, 0.3) is 0 Å². The van der Waals surface area contributed by atoms with Crippen molar-refractivity contribution in [2.24, 2.45) is 0 Å². The van der Waals surface area contributed by atoms with Gasteiger partial charge in [-0.2, -0.15) is 0 Å². The first-order valence-corrected chi connectivity index (χ1v) is 8.42. The maximum absolute atomic E-state index is 12.5. The molecule has 0 fully saturated rings. The molecule has 0 aliphatic rings. The Balaban J connectivity index is 2.19. The zero-order valence-electron chi connectivity index (χ0n) is 14.2. The first-order valence-electron chi connectivity index (χ1n) is 8.04. The van der Waals surface area contributed by atoms with E-state index in [1.54, 1.807) is 24.4 Å². The summed E-state index contributed by atoms with van der Waals surface area (Å²) in [4.78, 5) is 18.7. The molecule has 2 rings (SSSR count). The highest BCUT2D eigenvalue weighted by Gasteiger charge is 2.14. The summed E-state index contributed by atoms with van der Waals surface area (Å²) in [6, 6.07) is 8.89.